The third-order valence-corrected chi connectivity index (χ3v) is 6.28. The summed E-state index contributed by atoms with van der Waals surface area (Å²) in [7, 11) is -0.403. The predicted molar refractivity (Wildman–Crippen MR) is 114 cm³/mol. The molecule has 0 aliphatic carbocycles. The van der Waals surface area contributed by atoms with Crippen molar-refractivity contribution in [1.29, 1.82) is 0 Å². The Morgan fingerprint density at radius 3 is 2.53 bits per heavy atom. The number of ether oxygens (including phenoxy) is 1. The highest BCUT2D eigenvalue weighted by molar-refractivity contribution is 7.90. The Morgan fingerprint density at radius 1 is 1.13 bits per heavy atom. The second-order valence-electron chi connectivity index (χ2n) is 6.94. The summed E-state index contributed by atoms with van der Waals surface area (Å²) in [6.45, 7) is 3.36. The zero-order chi connectivity index (χ0) is 21.9. The Bertz CT molecular complexity index is 1280. The van der Waals surface area contributed by atoms with Gasteiger partial charge < -0.3 is 4.74 Å². The van der Waals surface area contributed by atoms with Crippen LogP contribution in [0.1, 0.15) is 39.7 Å². The lowest BCUT2D eigenvalue weighted by Gasteiger charge is -2.08. The molecule has 0 saturated heterocycles. The number of carbonyl (C=O) groups is 1. The van der Waals surface area contributed by atoms with E-state index >= 15 is 0 Å². The molecule has 0 amide bonds. The molecule has 1 heterocycles. The highest BCUT2D eigenvalue weighted by Crippen LogP contribution is 2.22. The molecule has 0 radical (unpaired) electrons. The van der Waals surface area contributed by atoms with Gasteiger partial charge >= 0.3 is 0 Å². The molecule has 6 nitrogen and oxygen atoms in total. The number of rotatable bonds is 5. The van der Waals surface area contributed by atoms with Crippen LogP contribution < -0.4 is 4.74 Å². The van der Waals surface area contributed by atoms with Crippen molar-refractivity contribution in [2.45, 2.75) is 24.5 Å². The molecule has 30 heavy (non-hydrogen) atoms. The largest absolute Gasteiger partial charge is 0.496 e. The molecular formula is C23H22N2O4S. The van der Waals surface area contributed by atoms with Crippen molar-refractivity contribution in [1.82, 2.24) is 9.78 Å². The maximum atomic E-state index is 13.0. The Morgan fingerprint density at radius 2 is 1.90 bits per heavy atom. The van der Waals surface area contributed by atoms with Crippen LogP contribution in [0, 0.1) is 18.8 Å². The van der Waals surface area contributed by atoms with E-state index in [9.17, 15) is 13.2 Å². The first-order valence-corrected chi connectivity index (χ1v) is 10.9. The van der Waals surface area contributed by atoms with Gasteiger partial charge in [-0.25, -0.2) is 8.42 Å². The maximum absolute atomic E-state index is 13.0. The third kappa shape index (κ3) is 4.78. The van der Waals surface area contributed by atoms with Crippen molar-refractivity contribution in [2.24, 2.45) is 7.05 Å². The smallest absolute Gasteiger partial charge is 0.185 e. The first kappa shape index (κ1) is 21.3. The molecular weight excluding hydrogens is 400 g/mol. The van der Waals surface area contributed by atoms with Gasteiger partial charge in [-0.1, -0.05) is 24.0 Å². The van der Waals surface area contributed by atoms with Crippen molar-refractivity contribution in [3.8, 4) is 17.6 Å². The molecule has 0 aliphatic heterocycles. The predicted octanol–water partition coefficient (Wildman–Crippen LogP) is 3.31. The molecule has 0 bridgehead atoms. The van der Waals surface area contributed by atoms with Crippen molar-refractivity contribution in [3.05, 3.63) is 76.6 Å². The lowest BCUT2D eigenvalue weighted by Crippen LogP contribution is -2.09. The summed E-state index contributed by atoms with van der Waals surface area (Å²) in [5, 5.41) is 4.15. The number of hydrogen-bond donors (Lipinski definition) is 0. The Hall–Kier alpha value is -3.37. The summed E-state index contributed by atoms with van der Waals surface area (Å²) in [5.74, 6) is 6.20. The minimum atomic E-state index is -3.71. The standard InChI is InChI=1S/C23H22N2O4S/c1-16-5-6-18(13-22(16)29-4)7-8-20-14-19(17(2)26)9-10-23(20)30(27,28)15-21-11-12-25(3)24-21/h5-6,9-14H,15H2,1-4H3. The number of carbonyl (C=O) groups excluding carboxylic acids is 1. The van der Waals surface area contributed by atoms with Gasteiger partial charge in [-0.3, -0.25) is 9.48 Å². The molecule has 0 N–H and O–H groups in total. The summed E-state index contributed by atoms with van der Waals surface area (Å²) in [5.41, 5.74) is 2.77. The van der Waals surface area contributed by atoms with Crippen LogP contribution >= 0.6 is 0 Å². The average Bonchev–Trinajstić information content (AvgIpc) is 3.10. The number of Topliss-reactive ketones (excluding diaryl/α,β-unsaturated/α-hetero) is 1. The van der Waals surface area contributed by atoms with Crippen LogP contribution in [-0.2, 0) is 22.6 Å². The fourth-order valence-corrected chi connectivity index (χ4v) is 4.39. The van der Waals surface area contributed by atoms with Crippen LogP contribution in [0.4, 0.5) is 0 Å². The molecule has 7 heteroatoms. The molecule has 0 spiro atoms. The minimum Gasteiger partial charge on any atom is -0.496 e. The first-order chi connectivity index (χ1) is 14.2. The van der Waals surface area contributed by atoms with Gasteiger partial charge in [0.05, 0.1) is 23.5 Å². The molecule has 0 atom stereocenters. The Balaban J connectivity index is 2.07. The second kappa shape index (κ2) is 8.56. The van der Waals surface area contributed by atoms with E-state index in [0.29, 0.717) is 22.6 Å². The summed E-state index contributed by atoms with van der Waals surface area (Å²) in [4.78, 5) is 11.9. The van der Waals surface area contributed by atoms with E-state index in [-0.39, 0.29) is 22.0 Å². The Labute approximate surface area is 176 Å². The monoisotopic (exact) mass is 422 g/mol. The number of aromatic nitrogens is 2. The van der Waals surface area contributed by atoms with Crippen molar-refractivity contribution < 1.29 is 17.9 Å². The highest BCUT2D eigenvalue weighted by Gasteiger charge is 2.21. The van der Waals surface area contributed by atoms with E-state index in [0.717, 1.165) is 5.56 Å². The number of sulfone groups is 1. The minimum absolute atomic E-state index is 0.0738. The first-order valence-electron chi connectivity index (χ1n) is 9.22. The van der Waals surface area contributed by atoms with E-state index in [1.54, 1.807) is 37.2 Å². The van der Waals surface area contributed by atoms with E-state index in [2.05, 4.69) is 16.9 Å². The molecule has 0 saturated carbocycles. The summed E-state index contributed by atoms with van der Waals surface area (Å²) >= 11 is 0. The van der Waals surface area contributed by atoms with Gasteiger partial charge in [0.15, 0.2) is 15.6 Å². The van der Waals surface area contributed by atoms with Crippen LogP contribution in [0.3, 0.4) is 0 Å². The number of nitrogens with zero attached hydrogens (tertiary/aromatic N) is 2. The van der Waals surface area contributed by atoms with Crippen LogP contribution in [0.2, 0.25) is 0 Å². The molecule has 3 aromatic rings. The zero-order valence-corrected chi connectivity index (χ0v) is 18.1. The number of hydrogen-bond acceptors (Lipinski definition) is 5. The lowest BCUT2D eigenvalue weighted by atomic mass is 10.1. The average molecular weight is 423 g/mol. The number of benzene rings is 2. The molecule has 2 aromatic carbocycles. The highest BCUT2D eigenvalue weighted by atomic mass is 32.2. The Kier molecular flexibility index (Phi) is 6.09. The van der Waals surface area contributed by atoms with E-state index in [1.165, 1.54) is 25.1 Å². The molecule has 3 rings (SSSR count). The van der Waals surface area contributed by atoms with Gasteiger partial charge in [-0.05, 0) is 49.7 Å². The normalized spacial score (nSPS) is 10.9. The van der Waals surface area contributed by atoms with Crippen molar-refractivity contribution >= 4 is 15.6 Å². The van der Waals surface area contributed by atoms with Gasteiger partial charge in [0, 0.05) is 29.9 Å². The van der Waals surface area contributed by atoms with Gasteiger partial charge in [-0.15, -0.1) is 0 Å². The summed E-state index contributed by atoms with van der Waals surface area (Å²) < 4.78 is 33.0. The van der Waals surface area contributed by atoms with Gasteiger partial charge in [-0.2, -0.15) is 5.10 Å². The van der Waals surface area contributed by atoms with Gasteiger partial charge in [0.1, 0.15) is 5.75 Å². The summed E-state index contributed by atoms with van der Waals surface area (Å²) in [6.07, 6.45) is 1.69. The number of ketones is 1. The van der Waals surface area contributed by atoms with Crippen LogP contribution in [0.15, 0.2) is 53.6 Å². The van der Waals surface area contributed by atoms with Crippen molar-refractivity contribution in [2.75, 3.05) is 7.11 Å². The van der Waals surface area contributed by atoms with E-state index < -0.39 is 9.84 Å². The fraction of sp³-hybridized carbons (Fsp3) is 0.217. The second-order valence-corrected chi connectivity index (χ2v) is 8.90. The topological polar surface area (TPSA) is 78.3 Å². The maximum Gasteiger partial charge on any atom is 0.185 e. The molecule has 0 unspecified atom stereocenters. The van der Waals surface area contributed by atoms with Gasteiger partial charge in [0.2, 0.25) is 0 Å². The summed E-state index contributed by atoms with van der Waals surface area (Å²) in [6, 6.07) is 11.6. The van der Waals surface area contributed by atoms with Crippen LogP contribution in [0.25, 0.3) is 0 Å². The molecule has 0 fully saturated rings. The van der Waals surface area contributed by atoms with Gasteiger partial charge in [0.25, 0.3) is 0 Å². The number of methoxy groups -OCH3 is 1. The third-order valence-electron chi connectivity index (χ3n) is 4.58. The molecule has 154 valence electrons. The zero-order valence-electron chi connectivity index (χ0n) is 17.3. The van der Waals surface area contributed by atoms with Crippen LogP contribution in [0.5, 0.6) is 5.75 Å². The molecule has 0 aliphatic rings. The quantitative estimate of drug-likeness (QED) is 0.466. The van der Waals surface area contributed by atoms with E-state index in [4.69, 9.17) is 4.74 Å². The van der Waals surface area contributed by atoms with Crippen LogP contribution in [-0.4, -0.2) is 31.1 Å². The fourth-order valence-electron chi connectivity index (χ4n) is 2.97. The van der Waals surface area contributed by atoms with E-state index in [1.807, 2.05) is 19.1 Å². The van der Waals surface area contributed by atoms with Crippen molar-refractivity contribution in [3.63, 3.8) is 0 Å². The number of aryl methyl sites for hydroxylation is 2. The lowest BCUT2D eigenvalue weighted by molar-refractivity contribution is 0.101. The SMILES string of the molecule is COc1cc(C#Cc2cc(C(C)=O)ccc2S(=O)(=O)Cc2ccn(C)n2)ccc1C. The molecule has 1 aromatic heterocycles.